The summed E-state index contributed by atoms with van der Waals surface area (Å²) in [5.74, 6) is -0.219. The lowest BCUT2D eigenvalue weighted by atomic mass is 9.90. The predicted molar refractivity (Wildman–Crippen MR) is 66.2 cm³/mol. The first-order valence-corrected chi connectivity index (χ1v) is 6.60. The Morgan fingerprint density at radius 3 is 2.56 bits per heavy atom. The van der Waals surface area contributed by atoms with Gasteiger partial charge in [-0.2, -0.15) is 0 Å². The van der Waals surface area contributed by atoms with Gasteiger partial charge in [0.15, 0.2) is 0 Å². The second kappa shape index (κ2) is 4.79. The highest BCUT2D eigenvalue weighted by Crippen LogP contribution is 2.32. The van der Waals surface area contributed by atoms with E-state index in [2.05, 4.69) is 0 Å². The molecule has 0 aliphatic carbocycles. The molecule has 1 atom stereocenters. The smallest absolute Gasteiger partial charge is 0.254 e. The molecule has 0 saturated carbocycles. The fourth-order valence-electron chi connectivity index (χ4n) is 2.79. The number of nitrogens with zero attached hydrogens (tertiary/aromatic N) is 1. The Morgan fingerprint density at radius 1 is 1.39 bits per heavy atom. The molecule has 0 aromatic rings. The summed E-state index contributed by atoms with van der Waals surface area (Å²) in [6, 6.07) is 0. The molecule has 2 rings (SSSR count). The first-order chi connectivity index (χ1) is 8.32. The molecule has 1 spiro atoms. The molecular weight excluding hydrogens is 234 g/mol. The number of rotatable bonds is 1. The molecule has 2 heterocycles. The molecule has 2 aliphatic rings. The Bertz CT molecular complexity index is 317. The average molecular weight is 257 g/mol. The highest BCUT2D eigenvalue weighted by Gasteiger charge is 2.44. The highest BCUT2D eigenvalue weighted by atomic mass is 16.5. The fourth-order valence-corrected chi connectivity index (χ4v) is 2.79. The van der Waals surface area contributed by atoms with Gasteiger partial charge in [0.05, 0.1) is 18.2 Å². The maximum absolute atomic E-state index is 12.2. The summed E-state index contributed by atoms with van der Waals surface area (Å²) in [7, 11) is 0. The summed E-state index contributed by atoms with van der Waals surface area (Å²) < 4.78 is 11.4. The van der Waals surface area contributed by atoms with E-state index < -0.39 is 5.60 Å². The van der Waals surface area contributed by atoms with Gasteiger partial charge in [-0.3, -0.25) is 4.79 Å². The van der Waals surface area contributed by atoms with Crippen molar-refractivity contribution in [3.05, 3.63) is 0 Å². The second-order valence-electron chi connectivity index (χ2n) is 5.97. The maximum atomic E-state index is 12.2. The van der Waals surface area contributed by atoms with Crippen LogP contribution in [0.2, 0.25) is 0 Å². The van der Waals surface area contributed by atoms with Crippen molar-refractivity contribution in [1.29, 1.82) is 0 Å². The van der Waals surface area contributed by atoms with Gasteiger partial charge in [-0.25, -0.2) is 0 Å². The molecular formula is C13H23NO4. The van der Waals surface area contributed by atoms with E-state index in [1.165, 1.54) is 13.8 Å². The second-order valence-corrected chi connectivity index (χ2v) is 5.97. The van der Waals surface area contributed by atoms with E-state index in [4.69, 9.17) is 9.47 Å². The third-order valence-corrected chi connectivity index (χ3v) is 3.62. The topological polar surface area (TPSA) is 59.0 Å². The first-order valence-electron chi connectivity index (χ1n) is 6.60. The molecule has 5 heteroatoms. The number of carbonyl (C=O) groups excluding carboxylic acids is 1. The Kier molecular flexibility index (Phi) is 3.67. The van der Waals surface area contributed by atoms with E-state index in [1.807, 2.05) is 6.92 Å². The lowest BCUT2D eigenvalue weighted by Gasteiger charge is -2.48. The molecule has 2 saturated heterocycles. The lowest BCUT2D eigenvalue weighted by Crippen LogP contribution is -2.61. The van der Waals surface area contributed by atoms with Crippen LogP contribution in [0.4, 0.5) is 0 Å². The molecule has 2 aliphatic heterocycles. The van der Waals surface area contributed by atoms with E-state index in [1.54, 1.807) is 4.90 Å². The maximum Gasteiger partial charge on any atom is 0.254 e. The monoisotopic (exact) mass is 257 g/mol. The normalized spacial score (nSPS) is 28.4. The predicted octanol–water partition coefficient (Wildman–Crippen LogP) is 0.554. The SMILES string of the molecule is CC1CN(C(=O)C(C)(C)O)CC2(CCOCC2)O1. The summed E-state index contributed by atoms with van der Waals surface area (Å²) in [6.07, 6.45) is 1.63. The van der Waals surface area contributed by atoms with E-state index in [9.17, 15) is 9.90 Å². The molecule has 1 amide bonds. The number of hydrogen-bond acceptors (Lipinski definition) is 4. The molecule has 5 nitrogen and oxygen atoms in total. The van der Waals surface area contributed by atoms with E-state index in [0.717, 1.165) is 12.8 Å². The molecule has 18 heavy (non-hydrogen) atoms. The largest absolute Gasteiger partial charge is 0.381 e. The van der Waals surface area contributed by atoms with Crippen LogP contribution in [0.5, 0.6) is 0 Å². The van der Waals surface area contributed by atoms with Crippen molar-refractivity contribution in [3.63, 3.8) is 0 Å². The Hall–Kier alpha value is -0.650. The highest BCUT2D eigenvalue weighted by molar-refractivity contribution is 5.84. The average Bonchev–Trinajstić information content (AvgIpc) is 2.26. The molecule has 104 valence electrons. The third kappa shape index (κ3) is 2.84. The summed E-state index contributed by atoms with van der Waals surface area (Å²) in [5, 5.41) is 9.85. The molecule has 0 aromatic heterocycles. The fraction of sp³-hybridized carbons (Fsp3) is 0.923. The van der Waals surface area contributed by atoms with Gasteiger partial charge in [-0.1, -0.05) is 0 Å². The van der Waals surface area contributed by atoms with Crippen molar-refractivity contribution in [2.75, 3.05) is 26.3 Å². The standard InChI is InChI=1S/C13H23NO4/c1-10-8-14(11(15)12(2,3)16)9-13(18-10)4-6-17-7-5-13/h10,16H,4-9H2,1-3H3. The number of ether oxygens (including phenoxy) is 2. The summed E-state index contributed by atoms with van der Waals surface area (Å²) >= 11 is 0. The van der Waals surface area contributed by atoms with Crippen molar-refractivity contribution in [1.82, 2.24) is 4.90 Å². The minimum Gasteiger partial charge on any atom is -0.381 e. The van der Waals surface area contributed by atoms with Crippen molar-refractivity contribution in [3.8, 4) is 0 Å². The van der Waals surface area contributed by atoms with Crippen LogP contribution < -0.4 is 0 Å². The zero-order chi connectivity index (χ0) is 13.4. The third-order valence-electron chi connectivity index (χ3n) is 3.62. The Morgan fingerprint density at radius 2 is 2.00 bits per heavy atom. The lowest BCUT2D eigenvalue weighted by molar-refractivity contribution is -0.196. The molecule has 0 radical (unpaired) electrons. The van der Waals surface area contributed by atoms with Crippen LogP contribution in [0.3, 0.4) is 0 Å². The van der Waals surface area contributed by atoms with Gasteiger partial charge in [-0.05, 0) is 20.8 Å². The minimum absolute atomic E-state index is 0.00292. The van der Waals surface area contributed by atoms with Crippen LogP contribution in [0.1, 0.15) is 33.6 Å². The van der Waals surface area contributed by atoms with Crippen LogP contribution >= 0.6 is 0 Å². The van der Waals surface area contributed by atoms with E-state index in [-0.39, 0.29) is 17.6 Å². The van der Waals surface area contributed by atoms with Gasteiger partial charge in [-0.15, -0.1) is 0 Å². The molecule has 1 unspecified atom stereocenters. The van der Waals surface area contributed by atoms with Crippen molar-refractivity contribution < 1.29 is 19.4 Å². The Balaban J connectivity index is 2.11. The molecule has 0 aromatic carbocycles. The quantitative estimate of drug-likeness (QED) is 0.745. The summed E-state index contributed by atoms with van der Waals surface area (Å²) in [5.41, 5.74) is -1.60. The van der Waals surface area contributed by atoms with E-state index in [0.29, 0.717) is 26.3 Å². The Labute approximate surface area is 108 Å². The van der Waals surface area contributed by atoms with Crippen molar-refractivity contribution in [2.24, 2.45) is 0 Å². The zero-order valence-corrected chi connectivity index (χ0v) is 11.4. The van der Waals surface area contributed by atoms with E-state index >= 15 is 0 Å². The van der Waals surface area contributed by atoms with Crippen LogP contribution in [0.25, 0.3) is 0 Å². The summed E-state index contributed by atoms with van der Waals surface area (Å²) in [6.45, 7) is 7.50. The number of carbonyl (C=O) groups is 1. The molecule has 0 bridgehead atoms. The minimum atomic E-state index is -1.32. The van der Waals surface area contributed by atoms with Gasteiger partial charge < -0.3 is 19.5 Å². The van der Waals surface area contributed by atoms with Gasteiger partial charge in [0.1, 0.15) is 5.60 Å². The van der Waals surface area contributed by atoms with Gasteiger partial charge in [0.25, 0.3) is 5.91 Å². The van der Waals surface area contributed by atoms with Crippen molar-refractivity contribution in [2.45, 2.75) is 50.9 Å². The molecule has 1 N–H and O–H groups in total. The van der Waals surface area contributed by atoms with Crippen LogP contribution in [0.15, 0.2) is 0 Å². The first kappa shape index (κ1) is 13.8. The van der Waals surface area contributed by atoms with Gasteiger partial charge >= 0.3 is 0 Å². The summed E-state index contributed by atoms with van der Waals surface area (Å²) in [4.78, 5) is 13.9. The molecule has 2 fully saturated rings. The van der Waals surface area contributed by atoms with Crippen LogP contribution in [-0.4, -0.2) is 59.5 Å². The van der Waals surface area contributed by atoms with Crippen LogP contribution in [-0.2, 0) is 14.3 Å². The number of aliphatic hydroxyl groups is 1. The van der Waals surface area contributed by atoms with Crippen LogP contribution in [0, 0.1) is 0 Å². The van der Waals surface area contributed by atoms with Gasteiger partial charge in [0, 0.05) is 32.6 Å². The number of morpholine rings is 1. The zero-order valence-electron chi connectivity index (χ0n) is 11.4. The van der Waals surface area contributed by atoms with Crippen molar-refractivity contribution >= 4 is 5.91 Å². The number of hydrogen-bond donors (Lipinski definition) is 1. The van der Waals surface area contributed by atoms with Gasteiger partial charge in [0.2, 0.25) is 0 Å². The number of amides is 1.